The molecule has 0 aliphatic carbocycles. The molecule has 0 aromatic heterocycles. The van der Waals surface area contributed by atoms with Gasteiger partial charge in [0.15, 0.2) is 0 Å². The van der Waals surface area contributed by atoms with E-state index in [1.165, 1.54) is 6.07 Å². The highest BCUT2D eigenvalue weighted by Gasteiger charge is 2.31. The minimum atomic E-state index is -4.87. The normalized spacial score (nSPS) is 12.4. The summed E-state index contributed by atoms with van der Waals surface area (Å²) in [4.78, 5) is 0. The van der Waals surface area contributed by atoms with Gasteiger partial charge in [-0.3, -0.25) is 0 Å². The Kier molecular flexibility index (Phi) is 3.74. The molecule has 0 amide bonds. The Labute approximate surface area is 92.2 Å². The zero-order chi connectivity index (χ0) is 13.1. The van der Waals surface area contributed by atoms with Crippen LogP contribution in [-0.2, 0) is 0 Å². The van der Waals surface area contributed by atoms with Crippen LogP contribution in [0.25, 0.3) is 0 Å². The molecule has 1 aromatic carbocycles. The maximum atomic E-state index is 11.8. The van der Waals surface area contributed by atoms with E-state index in [0.717, 1.165) is 18.2 Å². The summed E-state index contributed by atoms with van der Waals surface area (Å²) in [6.45, 7) is -1.33. The summed E-state index contributed by atoms with van der Waals surface area (Å²) in [6, 6.07) is 4.18. The summed E-state index contributed by atoms with van der Waals surface area (Å²) in [5, 5.41) is 1.94. The van der Waals surface area contributed by atoms with Crippen LogP contribution < -0.4 is 10.1 Å². The highest BCUT2D eigenvalue weighted by molar-refractivity contribution is 5.48. The molecule has 96 valence electrons. The Balaban J connectivity index is 2.66. The van der Waals surface area contributed by atoms with Crippen LogP contribution in [0.3, 0.4) is 0 Å². The predicted octanol–water partition coefficient (Wildman–Crippen LogP) is 3.56. The van der Waals surface area contributed by atoms with Gasteiger partial charge in [-0.05, 0) is 12.1 Å². The third kappa shape index (κ3) is 5.88. The highest BCUT2D eigenvalue weighted by Crippen LogP contribution is 2.25. The first-order valence-corrected chi connectivity index (χ1v) is 4.32. The van der Waals surface area contributed by atoms with Crippen LogP contribution in [0.4, 0.5) is 32.0 Å². The highest BCUT2D eigenvalue weighted by atomic mass is 19.4. The average molecular weight is 259 g/mol. The maximum Gasteiger partial charge on any atom is 0.573 e. The Morgan fingerprint density at radius 2 is 1.71 bits per heavy atom. The van der Waals surface area contributed by atoms with E-state index in [0.29, 0.717) is 0 Å². The third-order valence-corrected chi connectivity index (χ3v) is 1.56. The first-order valence-electron chi connectivity index (χ1n) is 4.32. The molecule has 0 saturated heterocycles. The van der Waals surface area contributed by atoms with Crippen LogP contribution in [0, 0.1) is 0 Å². The standard InChI is InChI=1S/C9H7F6NO/c10-8(11,12)5-16-6-2-1-3-7(4-6)17-9(13,14)15/h1-4,16H,5H2. The van der Waals surface area contributed by atoms with Crippen LogP contribution in [-0.4, -0.2) is 19.1 Å². The Hall–Kier alpha value is -1.60. The van der Waals surface area contributed by atoms with Crippen LogP contribution >= 0.6 is 0 Å². The van der Waals surface area contributed by atoms with Crippen LogP contribution in [0.15, 0.2) is 24.3 Å². The van der Waals surface area contributed by atoms with Gasteiger partial charge in [-0.25, -0.2) is 0 Å². The van der Waals surface area contributed by atoms with Crippen molar-refractivity contribution in [2.75, 3.05) is 11.9 Å². The van der Waals surface area contributed by atoms with E-state index in [-0.39, 0.29) is 5.69 Å². The number of alkyl halides is 6. The van der Waals surface area contributed by atoms with Crippen molar-refractivity contribution in [3.63, 3.8) is 0 Å². The van der Waals surface area contributed by atoms with Crippen LogP contribution in [0.2, 0.25) is 0 Å². The molecule has 0 radical (unpaired) electrons. The topological polar surface area (TPSA) is 21.3 Å². The number of benzene rings is 1. The molecule has 8 heteroatoms. The van der Waals surface area contributed by atoms with E-state index >= 15 is 0 Å². The fourth-order valence-electron chi connectivity index (χ4n) is 1.01. The van der Waals surface area contributed by atoms with Crippen LogP contribution in [0.5, 0.6) is 5.75 Å². The zero-order valence-corrected chi connectivity index (χ0v) is 8.19. The second-order valence-electron chi connectivity index (χ2n) is 3.04. The molecule has 0 spiro atoms. The molecular formula is C9H7F6NO. The number of hydrogen-bond donors (Lipinski definition) is 1. The maximum absolute atomic E-state index is 11.8. The van der Waals surface area contributed by atoms with Gasteiger partial charge in [-0.1, -0.05) is 6.07 Å². The van der Waals surface area contributed by atoms with Gasteiger partial charge in [-0.15, -0.1) is 13.2 Å². The summed E-state index contributed by atoms with van der Waals surface area (Å²) < 4.78 is 74.5. The molecule has 0 heterocycles. The second kappa shape index (κ2) is 4.72. The summed E-state index contributed by atoms with van der Waals surface area (Å²) >= 11 is 0. The summed E-state index contributed by atoms with van der Waals surface area (Å²) in [7, 11) is 0. The quantitative estimate of drug-likeness (QED) is 0.838. The largest absolute Gasteiger partial charge is 0.573 e. The van der Waals surface area contributed by atoms with Gasteiger partial charge in [0.1, 0.15) is 12.3 Å². The third-order valence-electron chi connectivity index (χ3n) is 1.56. The molecule has 0 fully saturated rings. The van der Waals surface area contributed by atoms with Crippen molar-refractivity contribution in [3.8, 4) is 5.75 Å². The van der Waals surface area contributed by atoms with E-state index < -0.39 is 24.8 Å². The van der Waals surface area contributed by atoms with Gasteiger partial charge < -0.3 is 10.1 Å². The molecule has 1 rings (SSSR count). The van der Waals surface area contributed by atoms with Crippen molar-refractivity contribution in [2.45, 2.75) is 12.5 Å². The van der Waals surface area contributed by atoms with Gasteiger partial charge in [0.05, 0.1) is 0 Å². The minimum absolute atomic E-state index is 0.107. The first kappa shape index (κ1) is 13.5. The Bertz CT molecular complexity index is 372. The molecule has 0 saturated carbocycles. The smallest absolute Gasteiger partial charge is 0.406 e. The number of anilines is 1. The predicted molar refractivity (Wildman–Crippen MR) is 47.7 cm³/mol. The molecule has 0 bridgehead atoms. The monoisotopic (exact) mass is 259 g/mol. The molecular weight excluding hydrogens is 252 g/mol. The van der Waals surface area contributed by atoms with Gasteiger partial charge >= 0.3 is 12.5 Å². The molecule has 0 aliphatic rings. The van der Waals surface area contributed by atoms with E-state index in [4.69, 9.17) is 0 Å². The van der Waals surface area contributed by atoms with E-state index in [2.05, 4.69) is 4.74 Å². The lowest BCUT2D eigenvalue weighted by molar-refractivity contribution is -0.274. The van der Waals surface area contributed by atoms with E-state index in [1.807, 2.05) is 5.32 Å². The van der Waals surface area contributed by atoms with Crippen molar-refractivity contribution >= 4 is 5.69 Å². The van der Waals surface area contributed by atoms with E-state index in [9.17, 15) is 26.3 Å². The van der Waals surface area contributed by atoms with Crippen LogP contribution in [0.1, 0.15) is 0 Å². The number of halogens is 6. The average Bonchev–Trinajstić information content (AvgIpc) is 2.11. The molecule has 0 aliphatic heterocycles. The minimum Gasteiger partial charge on any atom is -0.406 e. The number of nitrogens with one attached hydrogen (secondary N) is 1. The van der Waals surface area contributed by atoms with Gasteiger partial charge in [-0.2, -0.15) is 13.2 Å². The lowest BCUT2D eigenvalue weighted by Crippen LogP contribution is -2.21. The second-order valence-corrected chi connectivity index (χ2v) is 3.04. The van der Waals surface area contributed by atoms with Crippen molar-refractivity contribution in [3.05, 3.63) is 24.3 Å². The Morgan fingerprint density at radius 3 is 2.24 bits per heavy atom. The van der Waals surface area contributed by atoms with Gasteiger partial charge in [0.25, 0.3) is 0 Å². The van der Waals surface area contributed by atoms with E-state index in [1.54, 1.807) is 0 Å². The summed E-state index contributed by atoms with van der Waals surface area (Å²) in [6.07, 6.45) is -9.32. The number of ether oxygens (including phenoxy) is 1. The number of rotatable bonds is 3. The zero-order valence-electron chi connectivity index (χ0n) is 8.19. The lowest BCUT2D eigenvalue weighted by atomic mass is 10.3. The molecule has 2 nitrogen and oxygen atoms in total. The molecule has 1 aromatic rings. The number of hydrogen-bond acceptors (Lipinski definition) is 2. The van der Waals surface area contributed by atoms with Gasteiger partial charge in [0.2, 0.25) is 0 Å². The van der Waals surface area contributed by atoms with Gasteiger partial charge in [0, 0.05) is 11.8 Å². The first-order chi connectivity index (χ1) is 7.66. The SMILES string of the molecule is FC(F)(F)CNc1cccc(OC(F)(F)F)c1. The fraction of sp³-hybridized carbons (Fsp3) is 0.333. The molecule has 17 heavy (non-hydrogen) atoms. The van der Waals surface area contributed by atoms with Crippen molar-refractivity contribution in [1.82, 2.24) is 0 Å². The summed E-state index contributed by atoms with van der Waals surface area (Å²) in [5.74, 6) is -0.579. The molecule has 1 N–H and O–H groups in total. The van der Waals surface area contributed by atoms with Crippen molar-refractivity contribution < 1.29 is 31.1 Å². The lowest BCUT2D eigenvalue weighted by Gasteiger charge is -2.12. The fourth-order valence-corrected chi connectivity index (χ4v) is 1.01. The van der Waals surface area contributed by atoms with Crippen molar-refractivity contribution in [2.24, 2.45) is 0 Å². The molecule has 0 atom stereocenters. The Morgan fingerprint density at radius 1 is 1.06 bits per heavy atom. The molecule has 0 unspecified atom stereocenters. The van der Waals surface area contributed by atoms with Crippen molar-refractivity contribution in [1.29, 1.82) is 0 Å². The summed E-state index contributed by atoms with van der Waals surface area (Å²) in [5.41, 5.74) is -0.107.